The normalized spacial score (nSPS) is 15.7. The minimum Gasteiger partial charge on any atom is -0.497 e. The summed E-state index contributed by atoms with van der Waals surface area (Å²) in [4.78, 5) is 28.5. The third kappa shape index (κ3) is 6.45. The van der Waals surface area contributed by atoms with Crippen LogP contribution in [-0.4, -0.2) is 64.5 Å². The van der Waals surface area contributed by atoms with Gasteiger partial charge >= 0.3 is 18.2 Å². The summed E-state index contributed by atoms with van der Waals surface area (Å²) in [5.41, 5.74) is 4.25. The van der Waals surface area contributed by atoms with Crippen molar-refractivity contribution in [3.63, 3.8) is 0 Å². The summed E-state index contributed by atoms with van der Waals surface area (Å²) in [6.07, 6.45) is -5.08. The summed E-state index contributed by atoms with van der Waals surface area (Å²) < 4.78 is 39.1. The topological polar surface area (TPSA) is 109 Å². The number of carboxylic acid groups (broad SMARTS) is 1. The number of alkyl halides is 3. The van der Waals surface area contributed by atoms with Crippen molar-refractivity contribution in [3.05, 3.63) is 59.4 Å². The molecule has 0 saturated carbocycles. The number of fused-ring (bicyclic) bond motifs is 1. The number of amides is 2. The molecule has 0 radical (unpaired) electrons. The fourth-order valence-corrected chi connectivity index (χ4v) is 3.87. The van der Waals surface area contributed by atoms with E-state index in [0.717, 1.165) is 34.7 Å². The number of nitrogens with zero attached hydrogens (tertiary/aromatic N) is 3. The Balaban J connectivity index is 0.000000454. The lowest BCUT2D eigenvalue weighted by Crippen LogP contribution is -2.52. The molecule has 1 unspecified atom stereocenters. The Morgan fingerprint density at radius 3 is 2.64 bits per heavy atom. The highest BCUT2D eigenvalue weighted by atomic mass is 19.4. The van der Waals surface area contributed by atoms with E-state index in [1.165, 1.54) is 5.56 Å². The molecule has 0 spiro atoms. The van der Waals surface area contributed by atoms with Crippen molar-refractivity contribution in [1.29, 1.82) is 0 Å². The fourth-order valence-electron chi connectivity index (χ4n) is 3.87. The number of methoxy groups -OCH3 is 1. The number of nitrogens with one attached hydrogen (secondary N) is 2. The summed E-state index contributed by atoms with van der Waals surface area (Å²) in [5.74, 6) is -1.12. The molecule has 0 aliphatic carbocycles. The van der Waals surface area contributed by atoms with Crippen LogP contribution in [0, 0.1) is 6.92 Å². The number of aliphatic carboxylic acids is 1. The summed E-state index contributed by atoms with van der Waals surface area (Å²) in [6, 6.07) is 14.0. The lowest BCUT2D eigenvalue weighted by molar-refractivity contribution is -0.192. The van der Waals surface area contributed by atoms with Gasteiger partial charge in [0.2, 0.25) is 0 Å². The number of carbonyl (C=O) groups excluding carboxylic acids is 1. The zero-order chi connectivity index (χ0) is 26.5. The number of hydrogen-bond acceptors (Lipinski definition) is 5. The van der Waals surface area contributed by atoms with Gasteiger partial charge in [-0.05, 0) is 42.3 Å². The zero-order valence-electron chi connectivity index (χ0n) is 20.1. The van der Waals surface area contributed by atoms with E-state index in [1.807, 2.05) is 40.8 Å². The molecule has 1 aliphatic rings. The van der Waals surface area contributed by atoms with Gasteiger partial charge in [-0.3, -0.25) is 0 Å². The third-order valence-corrected chi connectivity index (χ3v) is 5.75. The maximum atomic E-state index is 13.0. The average Bonchev–Trinajstić information content (AvgIpc) is 3.16. The average molecular weight is 508 g/mol. The monoisotopic (exact) mass is 507 g/mol. The minimum absolute atomic E-state index is 0.0399. The number of carbonyl (C=O) groups is 2. The van der Waals surface area contributed by atoms with Crippen LogP contribution in [0.2, 0.25) is 0 Å². The van der Waals surface area contributed by atoms with E-state index in [4.69, 9.17) is 19.6 Å². The first-order valence-electron chi connectivity index (χ1n) is 11.1. The molecule has 4 rings (SSSR count). The number of rotatable bonds is 4. The second-order valence-corrected chi connectivity index (χ2v) is 8.23. The Bertz CT molecular complexity index is 1230. The first kappa shape index (κ1) is 26.8. The van der Waals surface area contributed by atoms with E-state index < -0.39 is 12.1 Å². The molecule has 194 valence electrons. The van der Waals surface area contributed by atoms with Crippen molar-refractivity contribution in [1.82, 2.24) is 25.1 Å². The van der Waals surface area contributed by atoms with Crippen molar-refractivity contribution in [3.8, 4) is 5.75 Å². The molecular formula is C24H28F3N5O4. The molecule has 36 heavy (non-hydrogen) atoms. The fraction of sp³-hybridized carbons (Fsp3) is 0.375. The number of urea groups is 1. The molecule has 0 bridgehead atoms. The molecule has 1 aliphatic heterocycles. The number of aryl methyl sites for hydroxylation is 2. The van der Waals surface area contributed by atoms with Crippen molar-refractivity contribution in [2.24, 2.45) is 7.05 Å². The Morgan fingerprint density at radius 2 is 1.97 bits per heavy atom. The van der Waals surface area contributed by atoms with Gasteiger partial charge in [-0.15, -0.1) is 0 Å². The van der Waals surface area contributed by atoms with Gasteiger partial charge < -0.3 is 29.9 Å². The number of ether oxygens (including phenoxy) is 1. The Kier molecular flexibility index (Phi) is 8.41. The van der Waals surface area contributed by atoms with E-state index in [9.17, 15) is 18.0 Å². The number of imidazole rings is 1. The molecule has 3 aromatic rings. The third-order valence-electron chi connectivity index (χ3n) is 5.75. The molecule has 2 aromatic carbocycles. The lowest BCUT2D eigenvalue weighted by atomic mass is 10.0. The number of carboxylic acids is 1. The molecular weight excluding hydrogens is 479 g/mol. The van der Waals surface area contributed by atoms with Crippen molar-refractivity contribution in [2.45, 2.75) is 25.7 Å². The van der Waals surface area contributed by atoms with Crippen LogP contribution in [0.15, 0.2) is 42.5 Å². The van der Waals surface area contributed by atoms with E-state index in [2.05, 4.69) is 35.8 Å². The molecule has 1 saturated heterocycles. The van der Waals surface area contributed by atoms with Crippen LogP contribution >= 0.6 is 0 Å². The molecule has 1 aromatic heterocycles. The van der Waals surface area contributed by atoms with E-state index in [1.54, 1.807) is 7.11 Å². The SMILES string of the molecule is COc1cccc(C2CNCCN2C(=O)NCc2nc3cc(C)ccc3n2C)c1.O=C(O)C(F)(F)F. The van der Waals surface area contributed by atoms with E-state index in [-0.39, 0.29) is 12.1 Å². The molecule has 1 fully saturated rings. The summed E-state index contributed by atoms with van der Waals surface area (Å²) in [7, 11) is 3.64. The van der Waals surface area contributed by atoms with E-state index >= 15 is 0 Å². The molecule has 1 atom stereocenters. The number of piperazine rings is 1. The first-order chi connectivity index (χ1) is 17.0. The number of benzene rings is 2. The maximum Gasteiger partial charge on any atom is 0.490 e. The van der Waals surface area contributed by atoms with Crippen molar-refractivity contribution >= 4 is 23.0 Å². The molecule has 2 heterocycles. The van der Waals surface area contributed by atoms with Crippen LogP contribution in [0.5, 0.6) is 5.75 Å². The minimum atomic E-state index is -5.08. The van der Waals surface area contributed by atoms with Crippen LogP contribution in [-0.2, 0) is 18.4 Å². The highest BCUT2D eigenvalue weighted by Crippen LogP contribution is 2.25. The second-order valence-electron chi connectivity index (χ2n) is 8.23. The highest BCUT2D eigenvalue weighted by molar-refractivity contribution is 5.78. The number of halogens is 3. The van der Waals surface area contributed by atoms with Crippen LogP contribution in [0.1, 0.15) is 23.0 Å². The van der Waals surface area contributed by atoms with Gasteiger partial charge in [0.1, 0.15) is 11.6 Å². The smallest absolute Gasteiger partial charge is 0.490 e. The van der Waals surface area contributed by atoms with Gasteiger partial charge in [-0.2, -0.15) is 13.2 Å². The number of hydrogen-bond donors (Lipinski definition) is 3. The van der Waals surface area contributed by atoms with Crippen LogP contribution in [0.25, 0.3) is 11.0 Å². The largest absolute Gasteiger partial charge is 0.497 e. The highest BCUT2D eigenvalue weighted by Gasteiger charge is 2.38. The van der Waals surface area contributed by atoms with Crippen molar-refractivity contribution in [2.75, 3.05) is 26.7 Å². The Hall–Kier alpha value is -3.80. The zero-order valence-corrected chi connectivity index (χ0v) is 20.1. The van der Waals surface area contributed by atoms with Crippen LogP contribution < -0.4 is 15.4 Å². The molecule has 2 amide bonds. The lowest BCUT2D eigenvalue weighted by Gasteiger charge is -2.36. The summed E-state index contributed by atoms with van der Waals surface area (Å²) in [5, 5.41) is 13.6. The maximum absolute atomic E-state index is 13.0. The summed E-state index contributed by atoms with van der Waals surface area (Å²) >= 11 is 0. The quantitative estimate of drug-likeness (QED) is 0.500. The molecule has 3 N–H and O–H groups in total. The standard InChI is InChI=1S/C22H27N5O2.C2HF3O2/c1-15-7-8-19-18(11-15)25-21(26(19)2)14-24-22(28)27-10-9-23-13-20(27)16-5-4-6-17(12-16)29-3;3-2(4,5)1(6)7/h4-8,11-12,20,23H,9-10,13-14H2,1-3H3,(H,24,28);(H,6,7). The second kappa shape index (κ2) is 11.3. The Morgan fingerprint density at radius 1 is 1.25 bits per heavy atom. The van der Waals surface area contributed by atoms with Crippen LogP contribution in [0.3, 0.4) is 0 Å². The van der Waals surface area contributed by atoms with Gasteiger partial charge in [0, 0.05) is 26.7 Å². The predicted molar refractivity (Wildman–Crippen MR) is 127 cm³/mol. The summed E-state index contributed by atoms with van der Waals surface area (Å²) in [6.45, 7) is 4.58. The van der Waals surface area contributed by atoms with Gasteiger partial charge in [-0.1, -0.05) is 18.2 Å². The van der Waals surface area contributed by atoms with Gasteiger partial charge in [0.25, 0.3) is 0 Å². The van der Waals surface area contributed by atoms with Gasteiger partial charge in [-0.25, -0.2) is 14.6 Å². The van der Waals surface area contributed by atoms with Gasteiger partial charge in [0.15, 0.2) is 0 Å². The molecule has 12 heteroatoms. The van der Waals surface area contributed by atoms with Crippen LogP contribution in [0.4, 0.5) is 18.0 Å². The van der Waals surface area contributed by atoms with Crippen molar-refractivity contribution < 1.29 is 32.6 Å². The number of aromatic nitrogens is 2. The molecule has 9 nitrogen and oxygen atoms in total. The van der Waals surface area contributed by atoms with E-state index in [0.29, 0.717) is 19.6 Å². The van der Waals surface area contributed by atoms with Gasteiger partial charge in [0.05, 0.1) is 30.7 Å². The predicted octanol–water partition coefficient (Wildman–Crippen LogP) is 3.38. The first-order valence-corrected chi connectivity index (χ1v) is 11.1. The Labute approximate surface area is 205 Å².